The van der Waals surface area contributed by atoms with Crippen LogP contribution in [0.4, 0.5) is 0 Å². The van der Waals surface area contributed by atoms with Crippen molar-refractivity contribution in [2.45, 2.75) is 102 Å². The number of ether oxygens (including phenoxy) is 4. The van der Waals surface area contributed by atoms with Gasteiger partial charge in [-0.15, -0.1) is 0 Å². The zero-order chi connectivity index (χ0) is 44.2. The highest BCUT2D eigenvalue weighted by molar-refractivity contribution is 6.08. The van der Waals surface area contributed by atoms with Crippen LogP contribution in [0.1, 0.15) is 86.7 Å². The van der Waals surface area contributed by atoms with Crippen molar-refractivity contribution in [3.63, 3.8) is 0 Å². The van der Waals surface area contributed by atoms with Gasteiger partial charge in [-0.05, 0) is 61.7 Å². The van der Waals surface area contributed by atoms with Crippen LogP contribution < -0.4 is 5.32 Å². The number of esters is 3. The van der Waals surface area contributed by atoms with E-state index in [9.17, 15) is 39.3 Å². The first kappa shape index (κ1) is 43.5. The zero-order valence-electron chi connectivity index (χ0n) is 34.8. The quantitative estimate of drug-likeness (QED) is 0.0986. The van der Waals surface area contributed by atoms with E-state index in [1.165, 1.54) is 26.0 Å². The predicted octanol–water partition coefficient (Wildman–Crippen LogP) is 4.01. The number of aliphatic hydroxyl groups excluding tert-OH is 2. The number of ketones is 2. The highest BCUT2D eigenvalue weighted by Crippen LogP contribution is 2.65. The molecule has 61 heavy (non-hydrogen) atoms. The molecule has 4 aliphatic rings. The van der Waals surface area contributed by atoms with Gasteiger partial charge in [0.1, 0.15) is 29.7 Å². The Morgan fingerprint density at radius 3 is 1.97 bits per heavy atom. The first-order valence-corrected chi connectivity index (χ1v) is 20.3. The van der Waals surface area contributed by atoms with Crippen LogP contribution >= 0.6 is 0 Å². The summed E-state index contributed by atoms with van der Waals surface area (Å²) in [5, 5.41) is 40.2. The van der Waals surface area contributed by atoms with Gasteiger partial charge in [-0.1, -0.05) is 80.6 Å². The molecule has 1 amide bonds. The van der Waals surface area contributed by atoms with E-state index in [0.717, 1.165) is 6.92 Å². The van der Waals surface area contributed by atoms with Crippen LogP contribution in [0.25, 0.3) is 0 Å². The van der Waals surface area contributed by atoms with Crippen LogP contribution in [0.15, 0.2) is 102 Å². The van der Waals surface area contributed by atoms with Crippen LogP contribution in [-0.4, -0.2) is 99.0 Å². The van der Waals surface area contributed by atoms with Crippen LogP contribution in [0, 0.1) is 22.7 Å². The topological polar surface area (TPSA) is 212 Å². The molecule has 14 heteroatoms. The number of carbonyl (C=O) groups is 6. The van der Waals surface area contributed by atoms with Gasteiger partial charge in [0.15, 0.2) is 17.5 Å². The van der Waals surface area contributed by atoms with Crippen LogP contribution in [0.2, 0.25) is 0 Å². The number of carbonyl (C=O) groups excluding carboxylic acids is 6. The molecule has 3 aromatic rings. The SMILES string of the molecule is CC(=O)O[C@@]12COC1C[C@H](O)C1(C)C(=O)[C@H](C(C)=O)C3=C(C)[C@@H](OC(=O)[C@H](O)[C@@H](NC(=O)c4ccccc4)c4ccccc4)C[C@@](O)([C@@H](OC(=O)c4ccccc4)[C@@H]12)C3(C)C. The lowest BCUT2D eigenvalue weighted by molar-refractivity contribution is -0.345. The Morgan fingerprint density at radius 1 is 0.852 bits per heavy atom. The fourth-order valence-electron chi connectivity index (χ4n) is 10.4. The van der Waals surface area contributed by atoms with E-state index >= 15 is 4.79 Å². The molecule has 2 bridgehead atoms. The van der Waals surface area contributed by atoms with Crippen molar-refractivity contribution in [3.8, 4) is 0 Å². The van der Waals surface area contributed by atoms with Gasteiger partial charge in [0.25, 0.3) is 5.91 Å². The molecule has 2 unspecified atom stereocenters. The molecule has 4 N–H and O–H groups in total. The lowest BCUT2D eigenvalue weighted by Crippen LogP contribution is -2.81. The maximum absolute atomic E-state index is 15.4. The molecule has 322 valence electrons. The molecule has 3 fully saturated rings. The molecule has 14 nitrogen and oxygen atoms in total. The Kier molecular flexibility index (Phi) is 11.5. The molecule has 3 aliphatic carbocycles. The Morgan fingerprint density at radius 2 is 1.43 bits per heavy atom. The highest BCUT2D eigenvalue weighted by atomic mass is 16.6. The van der Waals surface area contributed by atoms with Crippen molar-refractivity contribution in [2.75, 3.05) is 6.61 Å². The van der Waals surface area contributed by atoms with Crippen molar-refractivity contribution in [2.24, 2.45) is 22.7 Å². The summed E-state index contributed by atoms with van der Waals surface area (Å²) in [6.45, 7) is 8.23. The fourth-order valence-corrected chi connectivity index (χ4v) is 10.4. The second-order valence-corrected chi connectivity index (χ2v) is 17.4. The molecule has 2 saturated carbocycles. The molecule has 1 aliphatic heterocycles. The van der Waals surface area contributed by atoms with Gasteiger partial charge in [0.05, 0.1) is 41.6 Å². The Balaban J connectivity index is 1.38. The first-order chi connectivity index (χ1) is 28.8. The smallest absolute Gasteiger partial charge is 0.338 e. The average molecular weight is 838 g/mol. The van der Waals surface area contributed by atoms with E-state index in [1.807, 2.05) is 0 Å². The number of benzene rings is 3. The summed E-state index contributed by atoms with van der Waals surface area (Å²) in [4.78, 5) is 84.4. The molecule has 1 heterocycles. The van der Waals surface area contributed by atoms with Gasteiger partial charge >= 0.3 is 17.9 Å². The lowest BCUT2D eigenvalue weighted by Gasteiger charge is -2.67. The van der Waals surface area contributed by atoms with Gasteiger partial charge in [-0.3, -0.25) is 19.2 Å². The standard InChI is InChI=1S/C47H51NO13/c1-25-31(59-43(56)37(52)36(28-16-10-7-11-17-28)48-41(54)29-18-12-8-13-19-29)23-47(57)40(60-42(55)30-20-14-9-15-21-30)38-45(6,39(53)34(26(2)49)35(25)44(47,4)5)32(51)22-33-46(38,24-58-33)61-27(3)50/h7-21,31-34,36-38,40,51-52,57H,22-24H2,1-6H3,(H,48,54)/t31-,32-,33?,34+,36-,37+,38-,40-,45?,46-,47+/m0/s1. The summed E-state index contributed by atoms with van der Waals surface area (Å²) in [6.07, 6.45) is -8.50. The Bertz CT molecular complexity index is 2260. The third-order valence-corrected chi connectivity index (χ3v) is 13.7. The van der Waals surface area contributed by atoms with Crippen molar-refractivity contribution in [3.05, 3.63) is 119 Å². The molecule has 7 rings (SSSR count). The van der Waals surface area contributed by atoms with Gasteiger partial charge in [0, 0.05) is 30.7 Å². The minimum atomic E-state index is -2.35. The minimum Gasteiger partial charge on any atom is -0.456 e. The van der Waals surface area contributed by atoms with Crippen molar-refractivity contribution < 1.29 is 63.0 Å². The second kappa shape index (κ2) is 16.1. The predicted molar refractivity (Wildman–Crippen MR) is 216 cm³/mol. The Labute approximate surface area is 353 Å². The molecule has 3 aromatic carbocycles. The lowest BCUT2D eigenvalue weighted by atomic mass is 9.43. The monoisotopic (exact) mass is 837 g/mol. The summed E-state index contributed by atoms with van der Waals surface area (Å²) in [5.41, 5.74) is -6.70. The largest absolute Gasteiger partial charge is 0.456 e. The van der Waals surface area contributed by atoms with E-state index in [0.29, 0.717) is 5.56 Å². The maximum Gasteiger partial charge on any atom is 0.338 e. The second-order valence-electron chi connectivity index (χ2n) is 17.4. The van der Waals surface area contributed by atoms with E-state index in [1.54, 1.807) is 99.6 Å². The molecule has 0 spiro atoms. The zero-order valence-corrected chi connectivity index (χ0v) is 34.8. The third-order valence-electron chi connectivity index (χ3n) is 13.7. The van der Waals surface area contributed by atoms with Gasteiger partial charge < -0.3 is 39.6 Å². The molecule has 0 radical (unpaired) electrons. The number of rotatable bonds is 10. The molecule has 11 atom stereocenters. The average Bonchev–Trinajstić information content (AvgIpc) is 3.23. The number of amides is 1. The molecular formula is C47H51NO13. The fraction of sp³-hybridized carbons (Fsp3) is 0.447. The Hall–Kier alpha value is -5.54. The van der Waals surface area contributed by atoms with Crippen LogP contribution in [0.5, 0.6) is 0 Å². The van der Waals surface area contributed by atoms with E-state index in [2.05, 4.69) is 5.32 Å². The summed E-state index contributed by atoms with van der Waals surface area (Å²) < 4.78 is 24.4. The van der Waals surface area contributed by atoms with Gasteiger partial charge in [-0.2, -0.15) is 0 Å². The third kappa shape index (κ3) is 7.08. The van der Waals surface area contributed by atoms with Crippen molar-refractivity contribution >= 4 is 35.4 Å². The summed E-state index contributed by atoms with van der Waals surface area (Å²) in [7, 11) is 0. The van der Waals surface area contributed by atoms with Crippen molar-refractivity contribution in [1.82, 2.24) is 5.32 Å². The summed E-state index contributed by atoms with van der Waals surface area (Å²) >= 11 is 0. The minimum absolute atomic E-state index is 0.0733. The molecular weight excluding hydrogens is 787 g/mol. The number of hydrogen-bond acceptors (Lipinski definition) is 13. The first-order valence-electron chi connectivity index (χ1n) is 20.3. The number of hydrogen-bond donors (Lipinski definition) is 4. The van der Waals surface area contributed by atoms with Gasteiger partial charge in [-0.25, -0.2) is 9.59 Å². The van der Waals surface area contributed by atoms with E-state index < -0.39 is 112 Å². The molecule has 1 saturated heterocycles. The maximum atomic E-state index is 15.4. The normalized spacial score (nSPS) is 32.2. The number of aliphatic hydroxyl groups is 3. The number of nitrogens with one attached hydrogen (secondary N) is 1. The number of Topliss-reactive ketones (excluding diaryl/α,β-unsaturated/α-hetero) is 2. The van der Waals surface area contributed by atoms with Gasteiger partial charge in [0.2, 0.25) is 0 Å². The highest BCUT2D eigenvalue weighted by Gasteiger charge is 2.78. The summed E-state index contributed by atoms with van der Waals surface area (Å²) in [5.74, 6) is -8.05. The van der Waals surface area contributed by atoms with Crippen molar-refractivity contribution in [1.29, 1.82) is 0 Å². The number of fused-ring (bicyclic) bond motifs is 5. The van der Waals surface area contributed by atoms with Crippen LogP contribution in [0.3, 0.4) is 0 Å². The summed E-state index contributed by atoms with van der Waals surface area (Å²) in [6, 6.07) is 23.1. The van der Waals surface area contributed by atoms with E-state index in [4.69, 9.17) is 18.9 Å². The molecule has 0 aromatic heterocycles. The van der Waals surface area contributed by atoms with Crippen LogP contribution in [-0.2, 0) is 38.1 Å². The van der Waals surface area contributed by atoms with E-state index in [-0.39, 0.29) is 35.3 Å².